The molecule has 44 heavy (non-hydrogen) atoms. The van der Waals surface area contributed by atoms with E-state index in [0.29, 0.717) is 46.1 Å². The predicted octanol–water partition coefficient (Wildman–Crippen LogP) is 7.95. The number of aromatic nitrogens is 5. The second-order valence-corrected chi connectivity index (χ2v) is 12.1. The average Bonchev–Trinajstić information content (AvgIpc) is 3.57. The van der Waals surface area contributed by atoms with Crippen molar-refractivity contribution in [3.8, 4) is 12.1 Å². The predicted molar refractivity (Wildman–Crippen MR) is 172 cm³/mol. The minimum absolute atomic E-state index is 0.196. The van der Waals surface area contributed by atoms with Crippen molar-refractivity contribution in [2.24, 2.45) is 0 Å². The molecular formula is C33H26ClN9S. The highest BCUT2D eigenvalue weighted by atomic mass is 35.5. The third kappa shape index (κ3) is 5.42. The number of thiazole rings is 1. The molecule has 3 aromatic heterocycles. The number of hydrogen-bond acceptors (Lipinski definition) is 9. The normalized spacial score (nSPS) is 14.2. The van der Waals surface area contributed by atoms with Crippen molar-refractivity contribution in [1.82, 2.24) is 25.0 Å². The standard InChI is InChI=1S/C33H26ClN9S/c34-26-15-22(39-32(29-18-43(42-41-29)23-11-12-23)24-8-4-9-28-33(24)44-19-38-28)14-25-30(21(16-36)17-37-31(25)26)40-27(10-5-13-35)20-6-2-1-3-7-20/h1-4,6-9,14-15,17-19,23,27,32,39H,5,10-12H2,(H,37,40)/t27-,32?/m1/s1. The van der Waals surface area contributed by atoms with Gasteiger partial charge in [-0.05, 0) is 48.6 Å². The molecule has 1 fully saturated rings. The number of hydrogen-bond donors (Lipinski definition) is 2. The lowest BCUT2D eigenvalue weighted by molar-refractivity contribution is 0.610. The molecule has 0 bridgehead atoms. The van der Waals surface area contributed by atoms with Crippen LogP contribution in [0.3, 0.4) is 0 Å². The van der Waals surface area contributed by atoms with Gasteiger partial charge in [0, 0.05) is 23.7 Å². The molecule has 1 unspecified atom stereocenters. The Morgan fingerprint density at radius 2 is 1.91 bits per heavy atom. The molecule has 216 valence electrons. The maximum Gasteiger partial charge on any atom is 0.110 e. The SMILES string of the molecule is N#CCC[C@@H](Nc1c(C#N)cnc2c(Cl)cc(NC(c3cn(C4CC4)nn3)c3cccc4ncsc34)cc12)c1ccccc1. The summed E-state index contributed by atoms with van der Waals surface area (Å²) in [5, 5.41) is 36.9. The fraction of sp³-hybridized carbons (Fsp3) is 0.212. The van der Waals surface area contributed by atoms with Crippen LogP contribution in [0.1, 0.15) is 66.2 Å². The Bertz CT molecular complexity index is 2050. The molecule has 7 rings (SSSR count). The summed E-state index contributed by atoms with van der Waals surface area (Å²) in [6, 6.07) is 24.2. The highest BCUT2D eigenvalue weighted by Gasteiger charge is 2.28. The zero-order valence-electron chi connectivity index (χ0n) is 23.5. The van der Waals surface area contributed by atoms with Crippen molar-refractivity contribution >= 4 is 55.4 Å². The van der Waals surface area contributed by atoms with Gasteiger partial charge in [0.1, 0.15) is 11.8 Å². The molecule has 0 aliphatic heterocycles. The van der Waals surface area contributed by atoms with E-state index in [2.05, 4.69) is 49.1 Å². The van der Waals surface area contributed by atoms with Gasteiger partial charge in [-0.25, -0.2) is 9.67 Å². The van der Waals surface area contributed by atoms with Crippen LogP contribution in [0.25, 0.3) is 21.1 Å². The summed E-state index contributed by atoms with van der Waals surface area (Å²) in [6.45, 7) is 0. The van der Waals surface area contributed by atoms with Gasteiger partial charge in [-0.3, -0.25) is 4.98 Å². The molecule has 2 N–H and O–H groups in total. The molecule has 0 radical (unpaired) electrons. The van der Waals surface area contributed by atoms with Crippen LogP contribution in [0.15, 0.2) is 78.6 Å². The third-order valence-electron chi connectivity index (χ3n) is 7.86. The van der Waals surface area contributed by atoms with Crippen LogP contribution in [0.5, 0.6) is 0 Å². The van der Waals surface area contributed by atoms with Crippen molar-refractivity contribution in [2.75, 3.05) is 10.6 Å². The first-order chi connectivity index (χ1) is 21.6. The number of benzene rings is 3. The number of pyridine rings is 1. The molecule has 0 spiro atoms. The van der Waals surface area contributed by atoms with Gasteiger partial charge in [0.2, 0.25) is 0 Å². The molecule has 11 heteroatoms. The fourth-order valence-electron chi connectivity index (χ4n) is 5.53. The first kappa shape index (κ1) is 27.8. The lowest BCUT2D eigenvalue weighted by Crippen LogP contribution is -2.14. The van der Waals surface area contributed by atoms with E-state index >= 15 is 0 Å². The Labute approximate surface area is 262 Å². The Morgan fingerprint density at radius 3 is 2.70 bits per heavy atom. The molecule has 6 aromatic rings. The largest absolute Gasteiger partial charge is 0.377 e. The van der Waals surface area contributed by atoms with E-state index in [1.54, 1.807) is 17.5 Å². The summed E-state index contributed by atoms with van der Waals surface area (Å²) in [5.74, 6) is 0. The number of rotatable bonds is 10. The number of nitriles is 2. The first-order valence-electron chi connectivity index (χ1n) is 14.3. The van der Waals surface area contributed by atoms with E-state index in [9.17, 15) is 10.5 Å². The van der Waals surface area contributed by atoms with Crippen LogP contribution in [0, 0.1) is 22.7 Å². The zero-order chi connectivity index (χ0) is 30.0. The Hall–Kier alpha value is -5.03. The summed E-state index contributed by atoms with van der Waals surface area (Å²) in [5.41, 5.74) is 7.94. The number of anilines is 2. The highest BCUT2D eigenvalue weighted by Crippen LogP contribution is 2.40. The molecule has 1 saturated carbocycles. The Kier molecular flexibility index (Phi) is 7.53. The summed E-state index contributed by atoms with van der Waals surface area (Å²) in [7, 11) is 0. The van der Waals surface area contributed by atoms with Gasteiger partial charge in [-0.1, -0.05) is 59.3 Å². The minimum Gasteiger partial charge on any atom is -0.377 e. The lowest BCUT2D eigenvalue weighted by atomic mass is 10.00. The second-order valence-electron chi connectivity index (χ2n) is 10.8. The van der Waals surface area contributed by atoms with Gasteiger partial charge in [0.05, 0.1) is 67.9 Å². The molecule has 1 aliphatic carbocycles. The van der Waals surface area contributed by atoms with E-state index in [4.69, 9.17) is 11.6 Å². The average molecular weight is 616 g/mol. The molecule has 2 atom stereocenters. The van der Waals surface area contributed by atoms with Crippen molar-refractivity contribution in [1.29, 1.82) is 10.5 Å². The van der Waals surface area contributed by atoms with Crippen LogP contribution < -0.4 is 10.6 Å². The number of fused-ring (bicyclic) bond motifs is 2. The molecule has 3 aromatic carbocycles. The minimum atomic E-state index is -0.337. The smallest absolute Gasteiger partial charge is 0.110 e. The van der Waals surface area contributed by atoms with E-state index in [1.807, 2.05) is 71.0 Å². The topological polar surface area (TPSA) is 128 Å². The molecule has 3 heterocycles. The monoisotopic (exact) mass is 615 g/mol. The summed E-state index contributed by atoms with van der Waals surface area (Å²) < 4.78 is 3.01. The second kappa shape index (κ2) is 11.9. The number of nitrogens with one attached hydrogen (secondary N) is 2. The Balaban J connectivity index is 1.33. The molecule has 0 amide bonds. The molecule has 1 aliphatic rings. The third-order valence-corrected chi connectivity index (χ3v) is 9.04. The van der Waals surface area contributed by atoms with Crippen molar-refractivity contribution in [2.45, 2.75) is 43.8 Å². The zero-order valence-corrected chi connectivity index (χ0v) is 25.1. The summed E-state index contributed by atoms with van der Waals surface area (Å²) >= 11 is 8.46. The maximum absolute atomic E-state index is 10.1. The summed E-state index contributed by atoms with van der Waals surface area (Å²) in [4.78, 5) is 9.07. The van der Waals surface area contributed by atoms with Crippen LogP contribution in [0.2, 0.25) is 5.02 Å². The molecular weight excluding hydrogens is 590 g/mol. The van der Waals surface area contributed by atoms with Crippen LogP contribution >= 0.6 is 22.9 Å². The number of nitrogens with zero attached hydrogens (tertiary/aromatic N) is 7. The van der Waals surface area contributed by atoms with E-state index in [1.165, 1.54) is 0 Å². The molecule has 9 nitrogen and oxygen atoms in total. The van der Waals surface area contributed by atoms with E-state index < -0.39 is 0 Å². The van der Waals surface area contributed by atoms with Gasteiger partial charge in [-0.2, -0.15) is 10.5 Å². The van der Waals surface area contributed by atoms with Crippen molar-refractivity contribution in [3.63, 3.8) is 0 Å². The maximum atomic E-state index is 10.1. The molecule has 0 saturated heterocycles. The van der Waals surface area contributed by atoms with Crippen molar-refractivity contribution in [3.05, 3.63) is 106 Å². The number of halogens is 1. The highest BCUT2D eigenvalue weighted by molar-refractivity contribution is 7.17. The Morgan fingerprint density at radius 1 is 1.05 bits per heavy atom. The van der Waals surface area contributed by atoms with Gasteiger partial charge >= 0.3 is 0 Å². The van der Waals surface area contributed by atoms with Gasteiger partial charge in [-0.15, -0.1) is 16.4 Å². The van der Waals surface area contributed by atoms with Crippen LogP contribution in [-0.2, 0) is 0 Å². The van der Waals surface area contributed by atoms with Gasteiger partial charge in [0.15, 0.2) is 0 Å². The lowest BCUT2D eigenvalue weighted by Gasteiger charge is -2.23. The van der Waals surface area contributed by atoms with Crippen LogP contribution in [-0.4, -0.2) is 25.0 Å². The van der Waals surface area contributed by atoms with Gasteiger partial charge in [0.25, 0.3) is 0 Å². The first-order valence-corrected chi connectivity index (χ1v) is 15.6. The van der Waals surface area contributed by atoms with E-state index in [-0.39, 0.29) is 12.1 Å². The van der Waals surface area contributed by atoms with Gasteiger partial charge < -0.3 is 10.6 Å². The van der Waals surface area contributed by atoms with Crippen LogP contribution in [0.4, 0.5) is 11.4 Å². The quantitative estimate of drug-likeness (QED) is 0.159. The fourth-order valence-corrected chi connectivity index (χ4v) is 6.63. The van der Waals surface area contributed by atoms with E-state index in [0.717, 1.165) is 45.6 Å². The summed E-state index contributed by atoms with van der Waals surface area (Å²) in [6.07, 6.45) is 6.69. The van der Waals surface area contributed by atoms with Crippen molar-refractivity contribution < 1.29 is 0 Å².